The molecule has 0 spiro atoms. The van der Waals surface area contributed by atoms with Gasteiger partial charge in [-0.2, -0.15) is 0 Å². The second-order valence-electron chi connectivity index (χ2n) is 3.99. The van der Waals surface area contributed by atoms with E-state index in [9.17, 15) is 4.79 Å². The van der Waals surface area contributed by atoms with E-state index in [2.05, 4.69) is 5.32 Å². The van der Waals surface area contributed by atoms with E-state index in [0.717, 1.165) is 17.1 Å². The van der Waals surface area contributed by atoms with Crippen molar-refractivity contribution in [2.24, 2.45) is 0 Å². The van der Waals surface area contributed by atoms with Crippen LogP contribution in [-0.2, 0) is 11.3 Å². The van der Waals surface area contributed by atoms with Crippen LogP contribution < -0.4 is 10.1 Å². The molecular weight excluding hydrogens is 242 g/mol. The fourth-order valence-electron chi connectivity index (χ4n) is 1.56. The number of para-hydroxylation sites is 1. The van der Waals surface area contributed by atoms with Crippen LogP contribution in [0.4, 0.5) is 0 Å². The van der Waals surface area contributed by atoms with E-state index < -0.39 is 6.61 Å². The van der Waals surface area contributed by atoms with E-state index in [1.165, 1.54) is 0 Å². The van der Waals surface area contributed by atoms with Crippen LogP contribution in [-0.4, -0.2) is 17.6 Å². The van der Waals surface area contributed by atoms with Crippen molar-refractivity contribution in [3.05, 3.63) is 60.2 Å². The number of hydrogen-bond donors (Lipinski definition) is 2. The van der Waals surface area contributed by atoms with Crippen LogP contribution >= 0.6 is 0 Å². The molecule has 0 bridgehead atoms. The molecule has 0 atom stereocenters. The molecule has 2 rings (SSSR count). The molecule has 0 aliphatic heterocycles. The van der Waals surface area contributed by atoms with E-state index >= 15 is 0 Å². The van der Waals surface area contributed by atoms with Crippen LogP contribution in [0.1, 0.15) is 5.56 Å². The molecular formula is C15H15NO3. The summed E-state index contributed by atoms with van der Waals surface area (Å²) in [5, 5.41) is 11.2. The van der Waals surface area contributed by atoms with E-state index in [1.807, 2.05) is 54.6 Å². The molecule has 0 saturated carbocycles. The Labute approximate surface area is 111 Å². The van der Waals surface area contributed by atoms with Gasteiger partial charge in [-0.3, -0.25) is 4.79 Å². The van der Waals surface area contributed by atoms with Crippen molar-refractivity contribution in [1.82, 2.24) is 5.32 Å². The number of amides is 1. The molecule has 0 unspecified atom stereocenters. The summed E-state index contributed by atoms with van der Waals surface area (Å²) in [4.78, 5) is 10.9. The molecule has 0 aromatic heterocycles. The Morgan fingerprint density at radius 1 is 1.00 bits per heavy atom. The summed E-state index contributed by atoms with van der Waals surface area (Å²) < 4.78 is 5.65. The van der Waals surface area contributed by atoms with Gasteiger partial charge in [0, 0.05) is 6.54 Å². The SMILES string of the molecule is O=C(CO)NCc1ccc(Oc2ccccc2)cc1. The molecule has 1 amide bonds. The first-order chi connectivity index (χ1) is 9.28. The van der Waals surface area contributed by atoms with Gasteiger partial charge in [-0.15, -0.1) is 0 Å². The van der Waals surface area contributed by atoms with Crippen molar-refractivity contribution >= 4 is 5.91 Å². The minimum atomic E-state index is -0.491. The lowest BCUT2D eigenvalue weighted by atomic mass is 10.2. The number of benzene rings is 2. The summed E-state index contributed by atoms with van der Waals surface area (Å²) in [6.45, 7) is -0.0970. The van der Waals surface area contributed by atoms with Crippen molar-refractivity contribution in [3.8, 4) is 11.5 Å². The Morgan fingerprint density at radius 3 is 2.26 bits per heavy atom. The number of aliphatic hydroxyl groups is 1. The highest BCUT2D eigenvalue weighted by Crippen LogP contribution is 2.20. The van der Waals surface area contributed by atoms with Gasteiger partial charge in [0.2, 0.25) is 5.91 Å². The minimum absolute atomic E-state index is 0.385. The van der Waals surface area contributed by atoms with E-state index in [4.69, 9.17) is 9.84 Å². The zero-order valence-corrected chi connectivity index (χ0v) is 10.4. The quantitative estimate of drug-likeness (QED) is 0.862. The fraction of sp³-hybridized carbons (Fsp3) is 0.133. The predicted octanol–water partition coefficient (Wildman–Crippen LogP) is 2.09. The topological polar surface area (TPSA) is 58.6 Å². The summed E-state index contributed by atoms with van der Waals surface area (Å²) in [6.07, 6.45) is 0. The summed E-state index contributed by atoms with van der Waals surface area (Å²) in [5.41, 5.74) is 0.946. The smallest absolute Gasteiger partial charge is 0.245 e. The second-order valence-corrected chi connectivity index (χ2v) is 3.99. The Balaban J connectivity index is 1.93. The van der Waals surface area contributed by atoms with Crippen molar-refractivity contribution < 1.29 is 14.6 Å². The van der Waals surface area contributed by atoms with Gasteiger partial charge in [0.25, 0.3) is 0 Å². The first-order valence-electron chi connectivity index (χ1n) is 5.97. The Kier molecular flexibility index (Phi) is 4.53. The highest BCUT2D eigenvalue weighted by atomic mass is 16.5. The zero-order valence-electron chi connectivity index (χ0n) is 10.4. The second kappa shape index (κ2) is 6.56. The van der Waals surface area contributed by atoms with Gasteiger partial charge < -0.3 is 15.2 Å². The summed E-state index contributed by atoms with van der Waals surface area (Å²) >= 11 is 0. The highest BCUT2D eigenvalue weighted by Gasteiger charge is 2.00. The van der Waals surface area contributed by atoms with E-state index in [1.54, 1.807) is 0 Å². The number of carbonyl (C=O) groups is 1. The van der Waals surface area contributed by atoms with Crippen LogP contribution in [0.2, 0.25) is 0 Å². The van der Waals surface area contributed by atoms with Gasteiger partial charge in [0.05, 0.1) is 0 Å². The predicted molar refractivity (Wildman–Crippen MR) is 71.9 cm³/mol. The number of hydrogen-bond acceptors (Lipinski definition) is 3. The molecule has 0 fully saturated rings. The number of aliphatic hydroxyl groups excluding tert-OH is 1. The zero-order chi connectivity index (χ0) is 13.5. The maximum atomic E-state index is 10.9. The lowest BCUT2D eigenvalue weighted by molar-refractivity contribution is -0.123. The van der Waals surface area contributed by atoms with E-state index in [-0.39, 0.29) is 5.91 Å². The lowest BCUT2D eigenvalue weighted by Gasteiger charge is -2.07. The molecule has 0 heterocycles. The highest BCUT2D eigenvalue weighted by molar-refractivity contribution is 5.76. The van der Waals surface area contributed by atoms with Crippen molar-refractivity contribution in [1.29, 1.82) is 0 Å². The molecule has 4 nitrogen and oxygen atoms in total. The first-order valence-corrected chi connectivity index (χ1v) is 5.97. The molecule has 0 aliphatic rings. The monoisotopic (exact) mass is 257 g/mol. The number of rotatable bonds is 5. The standard InChI is InChI=1S/C15H15NO3/c17-11-15(18)16-10-12-6-8-14(9-7-12)19-13-4-2-1-3-5-13/h1-9,17H,10-11H2,(H,16,18). The molecule has 2 aromatic rings. The maximum Gasteiger partial charge on any atom is 0.245 e. The van der Waals surface area contributed by atoms with E-state index in [0.29, 0.717) is 6.54 Å². The van der Waals surface area contributed by atoms with Gasteiger partial charge in [-0.05, 0) is 29.8 Å². The molecule has 98 valence electrons. The first kappa shape index (κ1) is 13.1. The number of carbonyl (C=O) groups excluding carboxylic acids is 1. The largest absolute Gasteiger partial charge is 0.457 e. The fourth-order valence-corrected chi connectivity index (χ4v) is 1.56. The third-order valence-electron chi connectivity index (χ3n) is 2.54. The molecule has 0 aliphatic carbocycles. The number of nitrogens with one attached hydrogen (secondary N) is 1. The van der Waals surface area contributed by atoms with Crippen molar-refractivity contribution in [3.63, 3.8) is 0 Å². The summed E-state index contributed by atoms with van der Waals surface area (Å²) in [7, 11) is 0. The van der Waals surface area contributed by atoms with Crippen LogP contribution in [0, 0.1) is 0 Å². The normalized spacial score (nSPS) is 9.95. The average molecular weight is 257 g/mol. The molecule has 2 N–H and O–H groups in total. The molecule has 0 saturated heterocycles. The molecule has 4 heteroatoms. The number of ether oxygens (including phenoxy) is 1. The molecule has 2 aromatic carbocycles. The van der Waals surface area contributed by atoms with Gasteiger partial charge >= 0.3 is 0 Å². The minimum Gasteiger partial charge on any atom is -0.457 e. The van der Waals surface area contributed by atoms with Crippen LogP contribution in [0.25, 0.3) is 0 Å². The third kappa shape index (κ3) is 4.12. The summed E-state index contributed by atoms with van der Waals surface area (Å²) in [6, 6.07) is 16.9. The van der Waals surface area contributed by atoms with Gasteiger partial charge in [-0.25, -0.2) is 0 Å². The van der Waals surface area contributed by atoms with Crippen LogP contribution in [0.5, 0.6) is 11.5 Å². The maximum absolute atomic E-state index is 10.9. The van der Waals surface area contributed by atoms with Gasteiger partial charge in [0.15, 0.2) is 0 Å². The Morgan fingerprint density at radius 2 is 1.63 bits per heavy atom. The van der Waals surface area contributed by atoms with Gasteiger partial charge in [-0.1, -0.05) is 30.3 Å². The molecule has 0 radical (unpaired) electrons. The van der Waals surface area contributed by atoms with Crippen LogP contribution in [0.15, 0.2) is 54.6 Å². The van der Waals surface area contributed by atoms with Crippen molar-refractivity contribution in [2.75, 3.05) is 6.61 Å². The Hall–Kier alpha value is -2.33. The van der Waals surface area contributed by atoms with Crippen molar-refractivity contribution in [2.45, 2.75) is 6.54 Å². The third-order valence-corrected chi connectivity index (χ3v) is 2.54. The van der Waals surface area contributed by atoms with Gasteiger partial charge in [0.1, 0.15) is 18.1 Å². The Bertz CT molecular complexity index is 523. The van der Waals surface area contributed by atoms with Crippen LogP contribution in [0.3, 0.4) is 0 Å². The average Bonchev–Trinajstić information content (AvgIpc) is 2.47. The summed E-state index contributed by atoms with van der Waals surface area (Å²) in [5.74, 6) is 1.14. The molecule has 19 heavy (non-hydrogen) atoms. The lowest BCUT2D eigenvalue weighted by Crippen LogP contribution is -2.25.